The third-order valence-corrected chi connectivity index (χ3v) is 4.59. The van der Waals surface area contributed by atoms with Gasteiger partial charge < -0.3 is 14.6 Å². The number of carboxylic acid groups (broad SMARTS) is 1. The molecular weight excluding hydrogens is 392 g/mol. The van der Waals surface area contributed by atoms with Crippen LogP contribution >= 0.6 is 15.9 Å². The summed E-state index contributed by atoms with van der Waals surface area (Å²) in [4.78, 5) is 28.1. The standard InChI is InChI=1S/C17H21BrN2O5/c1-6-25-12(21)7-9-13-11(20(14(9)18)16(22)23)8-10(17(2,3)4)15(19-13)24-5/h8H,6-7H2,1-5H3,(H,22,23). The molecule has 8 heteroatoms. The number of methoxy groups -OCH3 is 1. The van der Waals surface area contributed by atoms with Crippen molar-refractivity contribution < 1.29 is 24.2 Å². The average molecular weight is 413 g/mol. The summed E-state index contributed by atoms with van der Waals surface area (Å²) in [6.45, 7) is 7.92. The first kappa shape index (κ1) is 19.2. The predicted molar refractivity (Wildman–Crippen MR) is 96.4 cm³/mol. The fourth-order valence-electron chi connectivity index (χ4n) is 2.61. The van der Waals surface area contributed by atoms with E-state index in [1.54, 1.807) is 13.0 Å². The van der Waals surface area contributed by atoms with Crippen LogP contribution in [-0.2, 0) is 21.4 Å². The number of nitrogens with zero attached hydrogens (tertiary/aromatic N) is 2. The highest BCUT2D eigenvalue weighted by molar-refractivity contribution is 9.10. The van der Waals surface area contributed by atoms with Gasteiger partial charge >= 0.3 is 12.1 Å². The zero-order chi connectivity index (χ0) is 18.9. The van der Waals surface area contributed by atoms with Crippen LogP contribution in [0.4, 0.5) is 4.79 Å². The molecule has 0 radical (unpaired) electrons. The summed E-state index contributed by atoms with van der Waals surface area (Å²) >= 11 is 3.29. The third-order valence-electron chi connectivity index (χ3n) is 3.76. The van der Waals surface area contributed by atoms with Crippen LogP contribution in [0.25, 0.3) is 11.0 Å². The maximum absolute atomic E-state index is 11.9. The van der Waals surface area contributed by atoms with E-state index in [0.29, 0.717) is 22.5 Å². The molecule has 0 spiro atoms. The molecule has 2 aromatic rings. The molecule has 7 nitrogen and oxygen atoms in total. The summed E-state index contributed by atoms with van der Waals surface area (Å²) in [5.74, 6) is -0.0477. The van der Waals surface area contributed by atoms with Gasteiger partial charge in [0.05, 0.1) is 31.2 Å². The van der Waals surface area contributed by atoms with Crippen LogP contribution in [0, 0.1) is 0 Å². The summed E-state index contributed by atoms with van der Waals surface area (Å²) in [7, 11) is 1.51. The second-order valence-corrected chi connectivity index (χ2v) is 7.28. The molecule has 1 N–H and O–H groups in total. The number of pyridine rings is 1. The van der Waals surface area contributed by atoms with E-state index in [-0.39, 0.29) is 23.0 Å². The maximum Gasteiger partial charge on any atom is 0.416 e. The second-order valence-electron chi connectivity index (χ2n) is 6.53. The zero-order valence-electron chi connectivity index (χ0n) is 14.8. The van der Waals surface area contributed by atoms with Crippen LogP contribution in [0.3, 0.4) is 0 Å². The van der Waals surface area contributed by atoms with Gasteiger partial charge in [0.15, 0.2) is 0 Å². The van der Waals surface area contributed by atoms with E-state index in [4.69, 9.17) is 9.47 Å². The van der Waals surface area contributed by atoms with E-state index in [1.165, 1.54) is 7.11 Å². The van der Waals surface area contributed by atoms with Crippen LogP contribution in [0.1, 0.15) is 38.8 Å². The van der Waals surface area contributed by atoms with Gasteiger partial charge in [-0.25, -0.2) is 14.3 Å². The Labute approximate surface area is 154 Å². The molecule has 0 bridgehead atoms. The van der Waals surface area contributed by atoms with Crippen LogP contribution < -0.4 is 4.74 Å². The fourth-order valence-corrected chi connectivity index (χ4v) is 3.28. The van der Waals surface area contributed by atoms with E-state index in [2.05, 4.69) is 20.9 Å². The highest BCUT2D eigenvalue weighted by Gasteiger charge is 2.27. The van der Waals surface area contributed by atoms with Gasteiger partial charge in [0.2, 0.25) is 5.88 Å². The largest absolute Gasteiger partial charge is 0.481 e. The molecule has 2 rings (SSSR count). The molecule has 0 aliphatic heterocycles. The number of fused-ring (bicyclic) bond motifs is 1. The molecule has 0 fully saturated rings. The number of halogens is 1. The van der Waals surface area contributed by atoms with E-state index >= 15 is 0 Å². The molecule has 136 valence electrons. The number of carbonyl (C=O) groups excluding carboxylic acids is 1. The molecule has 2 aromatic heterocycles. The lowest BCUT2D eigenvalue weighted by atomic mass is 9.87. The van der Waals surface area contributed by atoms with Crippen LogP contribution in [-0.4, -0.2) is 40.4 Å². The van der Waals surface area contributed by atoms with Gasteiger partial charge in [0.25, 0.3) is 0 Å². The van der Waals surface area contributed by atoms with Crippen molar-refractivity contribution in [2.75, 3.05) is 13.7 Å². The third kappa shape index (κ3) is 3.63. The number of rotatable bonds is 4. The first-order valence-electron chi connectivity index (χ1n) is 7.79. The molecule has 0 amide bonds. The number of hydrogen-bond donors (Lipinski definition) is 1. The lowest BCUT2D eigenvalue weighted by Gasteiger charge is -2.21. The summed E-state index contributed by atoms with van der Waals surface area (Å²) in [5, 5.41) is 9.59. The minimum Gasteiger partial charge on any atom is -0.481 e. The van der Waals surface area contributed by atoms with Crippen LogP contribution in [0.5, 0.6) is 5.88 Å². The topological polar surface area (TPSA) is 90.7 Å². The normalized spacial score (nSPS) is 11.6. The maximum atomic E-state index is 11.9. The number of hydrogen-bond acceptors (Lipinski definition) is 5. The highest BCUT2D eigenvalue weighted by atomic mass is 79.9. The van der Waals surface area contributed by atoms with Crippen molar-refractivity contribution in [1.29, 1.82) is 0 Å². The van der Waals surface area contributed by atoms with E-state index in [0.717, 1.165) is 10.1 Å². The van der Waals surface area contributed by atoms with E-state index in [9.17, 15) is 14.7 Å². The molecule has 0 aromatic carbocycles. The van der Waals surface area contributed by atoms with Gasteiger partial charge in [-0.2, -0.15) is 0 Å². The van der Waals surface area contributed by atoms with E-state index in [1.807, 2.05) is 20.8 Å². The van der Waals surface area contributed by atoms with Crippen molar-refractivity contribution in [2.45, 2.75) is 39.5 Å². The van der Waals surface area contributed by atoms with Crippen molar-refractivity contribution in [3.05, 3.63) is 21.8 Å². The quantitative estimate of drug-likeness (QED) is 0.769. The first-order valence-corrected chi connectivity index (χ1v) is 8.58. The van der Waals surface area contributed by atoms with Gasteiger partial charge in [-0.1, -0.05) is 20.8 Å². The molecule has 25 heavy (non-hydrogen) atoms. The van der Waals surface area contributed by atoms with Crippen molar-refractivity contribution >= 4 is 39.0 Å². The molecule has 0 aliphatic carbocycles. The Balaban J connectivity index is 2.80. The molecule has 2 heterocycles. The van der Waals surface area contributed by atoms with Gasteiger partial charge in [-0.05, 0) is 34.3 Å². The minimum absolute atomic E-state index is 0.0871. The lowest BCUT2D eigenvalue weighted by molar-refractivity contribution is -0.142. The average Bonchev–Trinajstić information content (AvgIpc) is 2.77. The Morgan fingerprint density at radius 2 is 2.00 bits per heavy atom. The van der Waals surface area contributed by atoms with Gasteiger partial charge in [-0.3, -0.25) is 4.79 Å². The number of esters is 1. The van der Waals surface area contributed by atoms with Gasteiger partial charge in [-0.15, -0.1) is 0 Å². The second kappa shape index (κ2) is 7.03. The molecule has 0 unspecified atom stereocenters. The van der Waals surface area contributed by atoms with Crippen molar-refractivity contribution in [3.63, 3.8) is 0 Å². The molecule has 0 saturated heterocycles. The lowest BCUT2D eigenvalue weighted by Crippen LogP contribution is -2.15. The highest BCUT2D eigenvalue weighted by Crippen LogP contribution is 2.37. The Morgan fingerprint density at radius 1 is 1.36 bits per heavy atom. The summed E-state index contributed by atoms with van der Waals surface area (Å²) in [6.07, 6.45) is -1.25. The first-order chi connectivity index (χ1) is 11.6. The Kier molecular flexibility index (Phi) is 5.41. The van der Waals surface area contributed by atoms with Gasteiger partial charge in [0.1, 0.15) is 4.60 Å². The number of aromatic nitrogens is 2. The van der Waals surface area contributed by atoms with Crippen molar-refractivity contribution in [3.8, 4) is 5.88 Å². The Morgan fingerprint density at radius 3 is 2.48 bits per heavy atom. The van der Waals surface area contributed by atoms with Crippen LogP contribution in [0.15, 0.2) is 10.7 Å². The summed E-state index contributed by atoms with van der Waals surface area (Å²) in [6, 6.07) is 1.74. The fraction of sp³-hybridized carbons (Fsp3) is 0.471. The zero-order valence-corrected chi connectivity index (χ0v) is 16.4. The molecule has 0 aliphatic rings. The van der Waals surface area contributed by atoms with Crippen LogP contribution in [0.2, 0.25) is 0 Å². The van der Waals surface area contributed by atoms with Gasteiger partial charge in [0, 0.05) is 11.1 Å². The summed E-state index contributed by atoms with van der Waals surface area (Å²) < 4.78 is 11.7. The number of ether oxygens (including phenoxy) is 2. The minimum atomic E-state index is -1.17. The Bertz CT molecular complexity index is 836. The smallest absolute Gasteiger partial charge is 0.416 e. The van der Waals surface area contributed by atoms with E-state index < -0.39 is 12.1 Å². The monoisotopic (exact) mass is 412 g/mol. The SMILES string of the molecule is CCOC(=O)Cc1c(Br)n(C(=O)O)c2cc(C(C)(C)C)c(OC)nc12. The molecule has 0 saturated carbocycles. The predicted octanol–water partition coefficient (Wildman–Crippen LogP) is 3.74. The van der Waals surface area contributed by atoms with Crippen molar-refractivity contribution in [1.82, 2.24) is 9.55 Å². The number of carbonyl (C=O) groups is 2. The van der Waals surface area contributed by atoms with Crippen molar-refractivity contribution in [2.24, 2.45) is 0 Å². The summed E-state index contributed by atoms with van der Waals surface area (Å²) in [5.41, 5.74) is 1.72. The molecule has 0 atom stereocenters. The molecular formula is C17H21BrN2O5. The Hall–Kier alpha value is -2.09.